The lowest BCUT2D eigenvalue weighted by Gasteiger charge is -2.19. The Bertz CT molecular complexity index is 1660. The lowest BCUT2D eigenvalue weighted by atomic mass is 10.1. The second-order valence-electron chi connectivity index (χ2n) is 8.13. The molecule has 0 radical (unpaired) electrons. The number of rotatable bonds is 9. The number of esters is 1. The maximum atomic E-state index is 14.6. The van der Waals surface area contributed by atoms with Crippen LogP contribution >= 0.6 is 0 Å². The van der Waals surface area contributed by atoms with Crippen LogP contribution in [0.25, 0.3) is 11.0 Å². The fourth-order valence-corrected chi connectivity index (χ4v) is 4.18. The first-order chi connectivity index (χ1) is 18.4. The van der Waals surface area contributed by atoms with E-state index in [1.54, 1.807) is 0 Å². The molecule has 0 unspecified atom stereocenters. The summed E-state index contributed by atoms with van der Waals surface area (Å²) < 4.78 is 78.6. The first-order valence-electron chi connectivity index (χ1n) is 11.1. The fourth-order valence-electron chi connectivity index (χ4n) is 3.71. The van der Waals surface area contributed by atoms with Gasteiger partial charge in [-0.1, -0.05) is 0 Å². The van der Waals surface area contributed by atoms with Gasteiger partial charge in [0.05, 0.1) is 44.0 Å². The zero-order valence-electron chi connectivity index (χ0n) is 21.0. The molecule has 0 spiro atoms. The Morgan fingerprint density at radius 1 is 1.15 bits per heavy atom. The molecule has 0 saturated carbocycles. The molecular weight excluding hydrogens is 543 g/mol. The van der Waals surface area contributed by atoms with Crippen molar-refractivity contribution in [1.82, 2.24) is 24.5 Å². The number of carbonyl (C=O) groups excluding carboxylic acids is 1. The van der Waals surface area contributed by atoms with Crippen LogP contribution in [0.5, 0.6) is 5.75 Å². The number of halogens is 3. The van der Waals surface area contributed by atoms with E-state index in [0.29, 0.717) is 0 Å². The van der Waals surface area contributed by atoms with Crippen molar-refractivity contribution < 1.29 is 35.9 Å². The van der Waals surface area contributed by atoms with Gasteiger partial charge in [-0.25, -0.2) is 36.4 Å². The molecule has 0 fully saturated rings. The average molecular weight is 566 g/mol. The minimum atomic E-state index is -3.72. The van der Waals surface area contributed by atoms with Gasteiger partial charge in [0, 0.05) is 37.1 Å². The van der Waals surface area contributed by atoms with E-state index in [-0.39, 0.29) is 52.0 Å². The molecule has 0 bridgehead atoms. The Labute approximate surface area is 220 Å². The summed E-state index contributed by atoms with van der Waals surface area (Å²) in [5.74, 6) is -1.88. The second kappa shape index (κ2) is 10.7. The summed E-state index contributed by atoms with van der Waals surface area (Å²) in [5, 5.41) is 3.03. The lowest BCUT2D eigenvalue weighted by molar-refractivity contribution is 0.0595. The van der Waals surface area contributed by atoms with Gasteiger partial charge in [0.2, 0.25) is 16.0 Å². The van der Waals surface area contributed by atoms with Gasteiger partial charge in [0.25, 0.3) is 6.43 Å². The molecule has 16 heteroatoms. The Morgan fingerprint density at radius 2 is 1.87 bits per heavy atom. The third-order valence-corrected chi connectivity index (χ3v) is 6.85. The largest absolute Gasteiger partial charge is 0.495 e. The monoisotopic (exact) mass is 565 g/mol. The van der Waals surface area contributed by atoms with Crippen molar-refractivity contribution in [2.24, 2.45) is 0 Å². The van der Waals surface area contributed by atoms with Gasteiger partial charge >= 0.3 is 5.97 Å². The molecular formula is C23H22F3N7O5S. The highest BCUT2D eigenvalue weighted by atomic mass is 32.2. The van der Waals surface area contributed by atoms with Crippen molar-refractivity contribution in [3.8, 4) is 5.75 Å². The van der Waals surface area contributed by atoms with Gasteiger partial charge in [0.15, 0.2) is 5.82 Å². The predicted molar refractivity (Wildman–Crippen MR) is 134 cm³/mol. The van der Waals surface area contributed by atoms with E-state index in [9.17, 15) is 26.4 Å². The Kier molecular flexibility index (Phi) is 7.58. The van der Waals surface area contributed by atoms with Gasteiger partial charge in [0.1, 0.15) is 22.9 Å². The molecule has 0 saturated heterocycles. The van der Waals surface area contributed by atoms with Crippen molar-refractivity contribution in [1.29, 1.82) is 0 Å². The highest BCUT2D eigenvalue weighted by molar-refractivity contribution is 7.92. The molecule has 3 heterocycles. The first-order valence-corrected chi connectivity index (χ1v) is 12.9. The van der Waals surface area contributed by atoms with Gasteiger partial charge in [-0.3, -0.25) is 9.29 Å². The molecule has 0 aliphatic rings. The Hall–Kier alpha value is -4.47. The summed E-state index contributed by atoms with van der Waals surface area (Å²) in [4.78, 5) is 28.5. The van der Waals surface area contributed by atoms with E-state index < -0.39 is 33.9 Å². The summed E-state index contributed by atoms with van der Waals surface area (Å²) in [7, 11) is -0.0432. The highest BCUT2D eigenvalue weighted by Gasteiger charge is 2.24. The normalized spacial score (nSPS) is 11.6. The van der Waals surface area contributed by atoms with Gasteiger partial charge in [-0.2, -0.15) is 4.98 Å². The van der Waals surface area contributed by atoms with Crippen molar-refractivity contribution in [3.63, 3.8) is 0 Å². The SMILES string of the molecule is COC(=O)c1cc(OC)c(Nc2ncc3cc(C(F)F)n(Cc4nccnc4N(C)S(C)(=O)=O)c3n2)cc1F. The van der Waals surface area contributed by atoms with E-state index in [4.69, 9.17) is 4.74 Å². The number of methoxy groups -OCH3 is 2. The Morgan fingerprint density at radius 3 is 2.51 bits per heavy atom. The molecule has 4 rings (SSSR count). The number of alkyl halides is 2. The molecule has 1 N–H and O–H groups in total. The summed E-state index contributed by atoms with van der Waals surface area (Å²) in [5.41, 5.74) is -0.557. The summed E-state index contributed by atoms with van der Waals surface area (Å²) in [6.07, 6.45) is 1.94. The van der Waals surface area contributed by atoms with Crippen LogP contribution in [0.4, 0.5) is 30.6 Å². The standard InChI is InChI=1S/C23H22F3N7O5S/c1-32(39(4,35)36)21-16(27-5-6-28-21)11-33-17(19(25)26)7-12-10-29-23(31-20(12)33)30-15-9-14(24)13(22(34)38-3)8-18(15)37-2/h5-10,19H,11H2,1-4H3,(H,29,30,31). The number of fused-ring (bicyclic) bond motifs is 1. The number of anilines is 3. The molecule has 0 atom stereocenters. The topological polar surface area (TPSA) is 141 Å². The third kappa shape index (κ3) is 5.55. The quantitative estimate of drug-likeness (QED) is 0.301. The molecule has 4 aromatic rings. The van der Waals surface area contributed by atoms with Crippen molar-refractivity contribution in [3.05, 3.63) is 59.6 Å². The number of aromatic nitrogens is 5. The van der Waals surface area contributed by atoms with Crippen molar-refractivity contribution >= 4 is 44.5 Å². The number of benzene rings is 1. The number of nitrogens with zero attached hydrogens (tertiary/aromatic N) is 6. The first kappa shape index (κ1) is 27.6. The lowest BCUT2D eigenvalue weighted by Crippen LogP contribution is -2.27. The smallest absolute Gasteiger partial charge is 0.340 e. The number of hydrogen-bond donors (Lipinski definition) is 1. The fraction of sp³-hybridized carbons (Fsp3) is 0.261. The van der Waals surface area contributed by atoms with Gasteiger partial charge < -0.3 is 19.4 Å². The minimum absolute atomic E-state index is 0.0413. The van der Waals surface area contributed by atoms with Crippen LogP contribution in [0.1, 0.15) is 28.2 Å². The Balaban J connectivity index is 1.79. The second-order valence-corrected chi connectivity index (χ2v) is 10.1. The molecule has 0 amide bonds. The molecule has 0 aliphatic carbocycles. The summed E-state index contributed by atoms with van der Waals surface area (Å²) in [6, 6.07) is 3.31. The van der Waals surface area contributed by atoms with Crippen LogP contribution in [-0.4, -0.2) is 66.4 Å². The maximum Gasteiger partial charge on any atom is 0.340 e. The molecule has 0 aliphatic heterocycles. The van der Waals surface area contributed by atoms with Gasteiger partial charge in [-0.15, -0.1) is 0 Å². The van der Waals surface area contributed by atoms with E-state index >= 15 is 0 Å². The average Bonchev–Trinajstić information content (AvgIpc) is 3.25. The number of hydrogen-bond acceptors (Lipinski definition) is 10. The van der Waals surface area contributed by atoms with Crippen LogP contribution in [0.2, 0.25) is 0 Å². The molecule has 206 valence electrons. The van der Waals surface area contributed by atoms with Gasteiger partial charge in [-0.05, 0) is 12.1 Å². The number of sulfonamides is 1. The number of nitrogens with one attached hydrogen (secondary N) is 1. The predicted octanol–water partition coefficient (Wildman–Crippen LogP) is 3.28. The van der Waals surface area contributed by atoms with E-state index in [2.05, 4.69) is 30.0 Å². The third-order valence-electron chi connectivity index (χ3n) is 5.69. The molecule has 3 aromatic heterocycles. The number of carbonyl (C=O) groups is 1. The van der Waals surface area contributed by atoms with E-state index in [1.165, 1.54) is 38.8 Å². The minimum Gasteiger partial charge on any atom is -0.495 e. The summed E-state index contributed by atoms with van der Waals surface area (Å²) >= 11 is 0. The van der Waals surface area contributed by atoms with E-state index in [1.807, 2.05) is 0 Å². The molecule has 39 heavy (non-hydrogen) atoms. The van der Waals surface area contributed by atoms with Crippen molar-refractivity contribution in [2.45, 2.75) is 13.0 Å². The zero-order valence-corrected chi connectivity index (χ0v) is 21.8. The highest BCUT2D eigenvalue weighted by Crippen LogP contribution is 2.32. The van der Waals surface area contributed by atoms with Crippen LogP contribution in [0.3, 0.4) is 0 Å². The zero-order chi connectivity index (χ0) is 28.5. The maximum absolute atomic E-state index is 14.6. The molecule has 1 aromatic carbocycles. The van der Waals surface area contributed by atoms with Crippen LogP contribution in [0, 0.1) is 5.82 Å². The van der Waals surface area contributed by atoms with Crippen LogP contribution in [-0.2, 0) is 21.3 Å². The molecule has 12 nitrogen and oxygen atoms in total. The van der Waals surface area contributed by atoms with Crippen LogP contribution in [0.15, 0.2) is 36.8 Å². The van der Waals surface area contributed by atoms with Crippen LogP contribution < -0.4 is 14.4 Å². The van der Waals surface area contributed by atoms with E-state index in [0.717, 1.165) is 34.4 Å². The van der Waals surface area contributed by atoms with Crippen molar-refractivity contribution in [2.75, 3.05) is 37.1 Å². The summed E-state index contributed by atoms with van der Waals surface area (Å²) in [6.45, 7) is -0.297. The number of ether oxygens (including phenoxy) is 2.